The van der Waals surface area contributed by atoms with Crippen molar-refractivity contribution in [1.82, 2.24) is 0 Å². The number of thioether (sulfide) groups is 1. The van der Waals surface area contributed by atoms with Crippen molar-refractivity contribution in [3.8, 4) is 11.5 Å². The molecule has 0 saturated carbocycles. The van der Waals surface area contributed by atoms with Crippen LogP contribution in [0.4, 0.5) is 4.39 Å². The standard InChI is InChI=1S/C17H12BrFO3S/c1-22-14-6-9(5-13(18)17(14)21)4-10-8-23-15-3-2-11(19)7-12(15)16(10)20/h2-7,21H,8H2,1H3/b10-4+. The first-order valence-electron chi connectivity index (χ1n) is 6.73. The molecule has 3 rings (SSSR count). The summed E-state index contributed by atoms with van der Waals surface area (Å²) in [6.07, 6.45) is 1.73. The third kappa shape index (κ3) is 3.14. The summed E-state index contributed by atoms with van der Waals surface area (Å²) in [7, 11) is 1.46. The number of aromatic hydroxyl groups is 1. The SMILES string of the molecule is COc1cc(/C=C2\CSc3ccc(F)cc3C2=O)cc(Br)c1O. The second kappa shape index (κ2) is 6.37. The zero-order chi connectivity index (χ0) is 16.6. The van der Waals surface area contributed by atoms with Crippen LogP contribution in [0, 0.1) is 5.82 Å². The van der Waals surface area contributed by atoms with Gasteiger partial charge < -0.3 is 9.84 Å². The number of Topliss-reactive ketones (excluding diaryl/α,β-unsaturated/α-hetero) is 1. The molecule has 0 bridgehead atoms. The fourth-order valence-corrected chi connectivity index (χ4v) is 3.80. The van der Waals surface area contributed by atoms with Crippen molar-refractivity contribution >= 4 is 39.6 Å². The Morgan fingerprint density at radius 3 is 2.87 bits per heavy atom. The minimum Gasteiger partial charge on any atom is -0.503 e. The monoisotopic (exact) mass is 394 g/mol. The number of ketones is 1. The van der Waals surface area contributed by atoms with Gasteiger partial charge in [0, 0.05) is 21.8 Å². The second-order valence-electron chi connectivity index (χ2n) is 4.98. The number of carbonyl (C=O) groups excluding carboxylic acids is 1. The van der Waals surface area contributed by atoms with Gasteiger partial charge >= 0.3 is 0 Å². The third-order valence-electron chi connectivity index (χ3n) is 3.47. The summed E-state index contributed by atoms with van der Waals surface area (Å²) in [5, 5.41) is 9.84. The molecule has 6 heteroatoms. The van der Waals surface area contributed by atoms with Gasteiger partial charge in [-0.25, -0.2) is 4.39 Å². The maximum absolute atomic E-state index is 13.4. The van der Waals surface area contributed by atoms with Gasteiger partial charge in [0.25, 0.3) is 0 Å². The number of ether oxygens (including phenoxy) is 1. The Bertz CT molecular complexity index is 833. The van der Waals surface area contributed by atoms with Crippen molar-refractivity contribution in [2.24, 2.45) is 0 Å². The molecule has 1 aliphatic heterocycles. The Kier molecular flexibility index (Phi) is 4.46. The Morgan fingerprint density at radius 2 is 2.13 bits per heavy atom. The molecule has 0 unspecified atom stereocenters. The Labute approximate surface area is 145 Å². The summed E-state index contributed by atoms with van der Waals surface area (Å²) in [6.45, 7) is 0. The van der Waals surface area contributed by atoms with E-state index in [2.05, 4.69) is 15.9 Å². The smallest absolute Gasteiger partial charge is 0.191 e. The van der Waals surface area contributed by atoms with E-state index in [0.29, 0.717) is 27.1 Å². The number of methoxy groups -OCH3 is 1. The molecule has 0 radical (unpaired) electrons. The van der Waals surface area contributed by atoms with E-state index in [-0.39, 0.29) is 11.5 Å². The van der Waals surface area contributed by atoms with E-state index in [1.54, 1.807) is 24.3 Å². The number of hydrogen-bond donors (Lipinski definition) is 1. The van der Waals surface area contributed by atoms with E-state index in [9.17, 15) is 14.3 Å². The van der Waals surface area contributed by atoms with Crippen LogP contribution in [0.25, 0.3) is 6.08 Å². The normalized spacial score (nSPS) is 15.6. The van der Waals surface area contributed by atoms with E-state index >= 15 is 0 Å². The van der Waals surface area contributed by atoms with Gasteiger partial charge in [0.1, 0.15) is 5.82 Å². The fraction of sp³-hybridized carbons (Fsp3) is 0.118. The molecule has 2 aromatic carbocycles. The number of carbonyl (C=O) groups is 1. The Hall–Kier alpha value is -1.79. The van der Waals surface area contributed by atoms with E-state index < -0.39 is 5.82 Å². The molecular formula is C17H12BrFO3S. The molecule has 2 aromatic rings. The molecule has 0 aliphatic carbocycles. The number of hydrogen-bond acceptors (Lipinski definition) is 4. The maximum atomic E-state index is 13.4. The van der Waals surface area contributed by atoms with Gasteiger partial charge in [-0.1, -0.05) is 0 Å². The highest BCUT2D eigenvalue weighted by molar-refractivity contribution is 9.10. The highest BCUT2D eigenvalue weighted by Gasteiger charge is 2.23. The first-order chi connectivity index (χ1) is 11.0. The zero-order valence-electron chi connectivity index (χ0n) is 12.1. The molecule has 0 aromatic heterocycles. The number of phenolic OH excluding ortho intramolecular Hbond substituents is 1. The Balaban J connectivity index is 2.01. The van der Waals surface area contributed by atoms with E-state index in [1.807, 2.05) is 0 Å². The van der Waals surface area contributed by atoms with Gasteiger partial charge in [-0.15, -0.1) is 11.8 Å². The molecule has 1 heterocycles. The van der Waals surface area contributed by atoms with E-state index in [4.69, 9.17) is 4.74 Å². The minimum absolute atomic E-state index is 0.00594. The van der Waals surface area contributed by atoms with Crippen LogP contribution >= 0.6 is 27.7 Å². The quantitative estimate of drug-likeness (QED) is 0.751. The van der Waals surface area contributed by atoms with Crippen LogP contribution in [0.3, 0.4) is 0 Å². The van der Waals surface area contributed by atoms with Gasteiger partial charge in [-0.3, -0.25) is 4.79 Å². The average molecular weight is 395 g/mol. The van der Waals surface area contributed by atoms with Crippen molar-refractivity contribution < 1.29 is 19.0 Å². The number of fused-ring (bicyclic) bond motifs is 1. The number of phenols is 1. The average Bonchev–Trinajstić information content (AvgIpc) is 2.54. The summed E-state index contributed by atoms with van der Waals surface area (Å²) in [6, 6.07) is 7.60. The first-order valence-corrected chi connectivity index (χ1v) is 8.51. The van der Waals surface area contributed by atoms with Crippen LogP contribution < -0.4 is 4.74 Å². The molecule has 0 amide bonds. The molecule has 118 valence electrons. The lowest BCUT2D eigenvalue weighted by molar-refractivity contribution is 0.103. The van der Waals surface area contributed by atoms with E-state index in [0.717, 1.165) is 10.5 Å². The molecule has 0 fully saturated rings. The lowest BCUT2D eigenvalue weighted by atomic mass is 10.0. The maximum Gasteiger partial charge on any atom is 0.191 e. The highest BCUT2D eigenvalue weighted by Crippen LogP contribution is 2.37. The number of halogens is 2. The topological polar surface area (TPSA) is 46.5 Å². The third-order valence-corrected chi connectivity index (χ3v) is 5.20. The molecular weight excluding hydrogens is 383 g/mol. The van der Waals surface area contributed by atoms with E-state index in [1.165, 1.54) is 31.0 Å². The fourth-order valence-electron chi connectivity index (χ4n) is 2.34. The van der Waals surface area contributed by atoms with Gasteiger partial charge in [0.2, 0.25) is 0 Å². The van der Waals surface area contributed by atoms with Crippen LogP contribution in [0.1, 0.15) is 15.9 Å². The molecule has 0 atom stereocenters. The zero-order valence-corrected chi connectivity index (χ0v) is 14.5. The van der Waals surface area contributed by atoms with Gasteiger partial charge in [-0.2, -0.15) is 0 Å². The minimum atomic E-state index is -0.423. The summed E-state index contributed by atoms with van der Waals surface area (Å²) in [5.74, 6) is 0.229. The number of rotatable bonds is 2. The molecule has 1 N–H and O–H groups in total. The predicted octanol–water partition coefficient (Wildman–Crippen LogP) is 4.67. The van der Waals surface area contributed by atoms with Crippen LogP contribution in [0.2, 0.25) is 0 Å². The van der Waals surface area contributed by atoms with Crippen LogP contribution in [-0.2, 0) is 0 Å². The lowest BCUT2D eigenvalue weighted by Gasteiger charge is -2.17. The summed E-state index contributed by atoms with van der Waals surface area (Å²) >= 11 is 4.75. The van der Waals surface area contributed by atoms with Crippen molar-refractivity contribution in [1.29, 1.82) is 0 Å². The predicted molar refractivity (Wildman–Crippen MR) is 91.8 cm³/mol. The molecule has 0 spiro atoms. The molecule has 23 heavy (non-hydrogen) atoms. The van der Waals surface area contributed by atoms with Crippen molar-refractivity contribution in [3.05, 3.63) is 57.3 Å². The van der Waals surface area contributed by atoms with Crippen molar-refractivity contribution in [2.75, 3.05) is 12.9 Å². The van der Waals surface area contributed by atoms with Gasteiger partial charge in [0.05, 0.1) is 11.6 Å². The van der Waals surface area contributed by atoms with Gasteiger partial charge in [-0.05, 0) is 57.9 Å². The summed E-state index contributed by atoms with van der Waals surface area (Å²) < 4.78 is 19.0. The van der Waals surface area contributed by atoms with Crippen LogP contribution in [0.5, 0.6) is 11.5 Å². The van der Waals surface area contributed by atoms with Crippen molar-refractivity contribution in [2.45, 2.75) is 4.90 Å². The lowest BCUT2D eigenvalue weighted by Crippen LogP contribution is -2.12. The number of benzene rings is 2. The summed E-state index contributed by atoms with van der Waals surface area (Å²) in [4.78, 5) is 13.3. The van der Waals surface area contributed by atoms with Gasteiger partial charge in [0.15, 0.2) is 17.3 Å². The second-order valence-corrected chi connectivity index (χ2v) is 6.85. The Morgan fingerprint density at radius 1 is 1.35 bits per heavy atom. The van der Waals surface area contributed by atoms with Crippen LogP contribution in [0.15, 0.2) is 45.3 Å². The largest absolute Gasteiger partial charge is 0.503 e. The highest BCUT2D eigenvalue weighted by atomic mass is 79.9. The summed E-state index contributed by atoms with van der Waals surface area (Å²) in [5.41, 5.74) is 1.68. The molecule has 0 saturated heterocycles. The van der Waals surface area contributed by atoms with Crippen LogP contribution in [-0.4, -0.2) is 23.8 Å². The van der Waals surface area contributed by atoms with Crippen molar-refractivity contribution in [3.63, 3.8) is 0 Å². The molecule has 3 nitrogen and oxygen atoms in total. The first kappa shape index (κ1) is 16.1. The molecule has 1 aliphatic rings.